The summed E-state index contributed by atoms with van der Waals surface area (Å²) < 4.78 is 0. The summed E-state index contributed by atoms with van der Waals surface area (Å²) in [6.45, 7) is 10.8. The van der Waals surface area contributed by atoms with Crippen LogP contribution in [0.25, 0.3) is 0 Å². The summed E-state index contributed by atoms with van der Waals surface area (Å²) in [5.74, 6) is -0.487. The summed E-state index contributed by atoms with van der Waals surface area (Å²) >= 11 is 0. The molecule has 0 radical (unpaired) electrons. The zero-order valence-corrected chi connectivity index (χ0v) is 18.8. The molecule has 0 aliphatic carbocycles. The lowest BCUT2D eigenvalue weighted by atomic mass is 10.0. The topological polar surface area (TPSA) is 60.7 Å². The van der Waals surface area contributed by atoms with Crippen molar-refractivity contribution < 1.29 is 15.3 Å². The lowest BCUT2D eigenvalue weighted by Crippen LogP contribution is -1.86. The summed E-state index contributed by atoms with van der Waals surface area (Å²) in [4.78, 5) is 0. The van der Waals surface area contributed by atoms with Gasteiger partial charge in [-0.15, -0.1) is 0 Å². The first-order valence-corrected chi connectivity index (χ1v) is 10.5. The summed E-state index contributed by atoms with van der Waals surface area (Å²) in [7, 11) is 0. The molecule has 0 saturated heterocycles. The molecule has 0 fully saturated rings. The van der Waals surface area contributed by atoms with Gasteiger partial charge in [-0.2, -0.15) is 0 Å². The zero-order chi connectivity index (χ0) is 21.8. The predicted octanol–water partition coefficient (Wildman–Crippen LogP) is 7.49. The molecule has 0 aliphatic heterocycles. The van der Waals surface area contributed by atoms with Gasteiger partial charge in [-0.3, -0.25) is 0 Å². The quantitative estimate of drug-likeness (QED) is 0.205. The highest BCUT2D eigenvalue weighted by molar-refractivity contribution is 5.50. The lowest BCUT2D eigenvalue weighted by Gasteiger charge is -2.06. The first-order valence-electron chi connectivity index (χ1n) is 10.5. The fourth-order valence-corrected chi connectivity index (χ4v) is 3.09. The van der Waals surface area contributed by atoms with E-state index in [4.69, 9.17) is 0 Å². The maximum Gasteiger partial charge on any atom is 0.161 e. The molecule has 1 rings (SSSR count). The van der Waals surface area contributed by atoms with E-state index in [1.54, 1.807) is 0 Å². The van der Waals surface area contributed by atoms with Gasteiger partial charge in [0.15, 0.2) is 11.5 Å². The Hall–Kier alpha value is -2.42. The van der Waals surface area contributed by atoms with Crippen molar-refractivity contribution in [2.45, 2.75) is 79.6 Å². The molecule has 160 valence electrons. The SMILES string of the molecule is CC(C)=CCCC(C)=CCCC(C)=CCCC(C)=CCc1cc(O)cc(O)c1O. The van der Waals surface area contributed by atoms with Crippen molar-refractivity contribution in [2.75, 3.05) is 0 Å². The van der Waals surface area contributed by atoms with Crippen LogP contribution in [0, 0.1) is 0 Å². The number of hydrogen-bond acceptors (Lipinski definition) is 3. The van der Waals surface area contributed by atoms with E-state index in [2.05, 4.69) is 52.8 Å². The molecule has 1 aromatic rings. The van der Waals surface area contributed by atoms with E-state index in [0.717, 1.165) is 44.6 Å². The second-order valence-corrected chi connectivity index (χ2v) is 8.23. The third kappa shape index (κ3) is 10.6. The van der Waals surface area contributed by atoms with Crippen LogP contribution in [0.4, 0.5) is 0 Å². The molecule has 0 bridgehead atoms. The van der Waals surface area contributed by atoms with Gasteiger partial charge >= 0.3 is 0 Å². The van der Waals surface area contributed by atoms with Crippen molar-refractivity contribution in [3.05, 3.63) is 64.3 Å². The van der Waals surface area contributed by atoms with Crippen LogP contribution in [0.5, 0.6) is 17.2 Å². The van der Waals surface area contributed by atoms with Crippen LogP contribution < -0.4 is 0 Å². The summed E-state index contributed by atoms with van der Waals surface area (Å²) in [6, 6.07) is 2.63. The molecule has 1 aromatic carbocycles. The maximum absolute atomic E-state index is 9.87. The van der Waals surface area contributed by atoms with Gasteiger partial charge in [0, 0.05) is 11.6 Å². The molecule has 0 aromatic heterocycles. The Balaban J connectivity index is 2.40. The highest BCUT2D eigenvalue weighted by Crippen LogP contribution is 2.33. The van der Waals surface area contributed by atoms with Gasteiger partial charge in [-0.05, 0) is 85.6 Å². The maximum atomic E-state index is 9.87. The average Bonchev–Trinajstić information content (AvgIpc) is 2.63. The van der Waals surface area contributed by atoms with Crippen LogP contribution in [-0.2, 0) is 6.42 Å². The van der Waals surface area contributed by atoms with Crippen LogP contribution in [-0.4, -0.2) is 15.3 Å². The van der Waals surface area contributed by atoms with Gasteiger partial charge in [0.2, 0.25) is 0 Å². The smallest absolute Gasteiger partial charge is 0.161 e. The largest absolute Gasteiger partial charge is 0.508 e. The highest BCUT2D eigenvalue weighted by atomic mass is 16.3. The van der Waals surface area contributed by atoms with Crippen molar-refractivity contribution in [1.29, 1.82) is 0 Å². The minimum absolute atomic E-state index is 0.0406. The Kier molecular flexibility index (Phi) is 11.0. The molecular weight excluding hydrogens is 360 g/mol. The van der Waals surface area contributed by atoms with E-state index in [1.165, 1.54) is 28.4 Å². The fraction of sp³-hybridized carbons (Fsp3) is 0.462. The second-order valence-electron chi connectivity index (χ2n) is 8.23. The first-order chi connectivity index (χ1) is 13.7. The molecule has 0 spiro atoms. The molecule has 0 aliphatic rings. The monoisotopic (exact) mass is 398 g/mol. The Bertz CT molecular complexity index is 775. The minimum atomic E-state index is -0.286. The van der Waals surface area contributed by atoms with Crippen LogP contribution in [0.2, 0.25) is 0 Å². The minimum Gasteiger partial charge on any atom is -0.508 e. The number of aromatic hydroxyl groups is 3. The molecule has 0 unspecified atom stereocenters. The van der Waals surface area contributed by atoms with E-state index in [9.17, 15) is 15.3 Å². The number of phenolic OH excluding ortho intramolecular Hbond substituents is 3. The van der Waals surface area contributed by atoms with E-state index in [1.807, 2.05) is 6.08 Å². The van der Waals surface area contributed by atoms with Crippen LogP contribution in [0.3, 0.4) is 0 Å². The standard InChI is InChI=1S/C26H38O3/c1-19(2)9-6-10-20(3)11-7-12-21(4)13-8-14-22(5)15-16-23-17-24(27)18-25(28)26(23)29/h9,11,13,15,17-18,27-29H,6-8,10,12,14,16H2,1-5H3. The summed E-state index contributed by atoms with van der Waals surface area (Å²) in [5, 5.41) is 29.0. The molecule has 3 N–H and O–H groups in total. The lowest BCUT2D eigenvalue weighted by molar-refractivity contribution is 0.393. The number of phenols is 3. The Labute approximate surface area is 176 Å². The van der Waals surface area contributed by atoms with E-state index in [-0.39, 0.29) is 17.2 Å². The first kappa shape index (κ1) is 24.6. The van der Waals surface area contributed by atoms with Crippen molar-refractivity contribution >= 4 is 0 Å². The van der Waals surface area contributed by atoms with Crippen LogP contribution >= 0.6 is 0 Å². The predicted molar refractivity (Wildman–Crippen MR) is 124 cm³/mol. The highest BCUT2D eigenvalue weighted by Gasteiger charge is 2.07. The second kappa shape index (κ2) is 12.9. The van der Waals surface area contributed by atoms with Crippen LogP contribution in [0.1, 0.15) is 78.7 Å². The van der Waals surface area contributed by atoms with Crippen LogP contribution in [0.15, 0.2) is 58.7 Å². The number of allylic oxidation sites excluding steroid dienone is 8. The third-order valence-electron chi connectivity index (χ3n) is 4.98. The normalized spacial score (nSPS) is 12.9. The summed E-state index contributed by atoms with van der Waals surface area (Å²) in [6.07, 6.45) is 15.9. The molecule has 0 atom stereocenters. The number of rotatable bonds is 11. The van der Waals surface area contributed by atoms with Gasteiger partial charge in [0.1, 0.15) is 5.75 Å². The van der Waals surface area contributed by atoms with Gasteiger partial charge in [0.05, 0.1) is 0 Å². The van der Waals surface area contributed by atoms with Gasteiger partial charge in [0.25, 0.3) is 0 Å². The van der Waals surface area contributed by atoms with Gasteiger partial charge in [-0.25, -0.2) is 0 Å². The van der Waals surface area contributed by atoms with E-state index >= 15 is 0 Å². The Morgan fingerprint density at radius 3 is 1.69 bits per heavy atom. The van der Waals surface area contributed by atoms with Crippen molar-refractivity contribution in [3.8, 4) is 17.2 Å². The number of benzene rings is 1. The molecule has 0 heterocycles. The Morgan fingerprint density at radius 1 is 0.690 bits per heavy atom. The third-order valence-corrected chi connectivity index (χ3v) is 4.98. The zero-order valence-electron chi connectivity index (χ0n) is 18.8. The van der Waals surface area contributed by atoms with Gasteiger partial charge < -0.3 is 15.3 Å². The molecule has 0 amide bonds. The summed E-state index contributed by atoms with van der Waals surface area (Å²) in [5.41, 5.74) is 6.03. The van der Waals surface area contributed by atoms with Gasteiger partial charge in [-0.1, -0.05) is 46.6 Å². The van der Waals surface area contributed by atoms with Crippen molar-refractivity contribution in [1.82, 2.24) is 0 Å². The molecule has 29 heavy (non-hydrogen) atoms. The molecule has 3 heteroatoms. The fourth-order valence-electron chi connectivity index (χ4n) is 3.09. The van der Waals surface area contributed by atoms with Crippen molar-refractivity contribution in [3.63, 3.8) is 0 Å². The molecule has 3 nitrogen and oxygen atoms in total. The van der Waals surface area contributed by atoms with E-state index < -0.39 is 0 Å². The molecular formula is C26H38O3. The average molecular weight is 399 g/mol. The Morgan fingerprint density at radius 2 is 1.17 bits per heavy atom. The molecule has 0 saturated carbocycles. The number of hydrogen-bond donors (Lipinski definition) is 3. The van der Waals surface area contributed by atoms with Crippen molar-refractivity contribution in [2.24, 2.45) is 0 Å². The van der Waals surface area contributed by atoms with E-state index in [0.29, 0.717) is 12.0 Å².